The average molecular weight is 573 g/mol. The van der Waals surface area contributed by atoms with Gasteiger partial charge in [-0.25, -0.2) is 4.79 Å². The van der Waals surface area contributed by atoms with Gasteiger partial charge in [-0.3, -0.25) is 0 Å². The summed E-state index contributed by atoms with van der Waals surface area (Å²) < 4.78 is 33.5. The van der Waals surface area contributed by atoms with Crippen molar-refractivity contribution in [3.05, 3.63) is 60.7 Å². The number of aromatic hydroxyl groups is 1. The fraction of sp³-hybridized carbons (Fsp3) is 0.125. The van der Waals surface area contributed by atoms with Crippen LogP contribution >= 0.6 is 45.2 Å². The molecule has 1 atom stereocenters. The van der Waals surface area contributed by atoms with E-state index in [0.29, 0.717) is 0 Å². The maximum absolute atomic E-state index is 14.1. The van der Waals surface area contributed by atoms with Gasteiger partial charge in [-0.2, -0.15) is 8.78 Å². The van der Waals surface area contributed by atoms with Crippen LogP contribution in [0.25, 0.3) is 0 Å². The lowest BCUT2D eigenvalue weighted by Gasteiger charge is -2.28. The SMILES string of the molecule is O=C(OC(c1cc(I)c(O)c(I)c1)C(F)(F)C(=O)[O-])c1ccccc1. The van der Waals surface area contributed by atoms with Gasteiger partial charge in [-0.15, -0.1) is 0 Å². The highest BCUT2D eigenvalue weighted by Gasteiger charge is 2.46. The van der Waals surface area contributed by atoms with E-state index in [9.17, 15) is 28.6 Å². The van der Waals surface area contributed by atoms with Gasteiger partial charge in [0, 0.05) is 5.56 Å². The van der Waals surface area contributed by atoms with Gasteiger partial charge in [0.15, 0.2) is 6.10 Å². The molecule has 0 aliphatic carbocycles. The third-order valence-corrected chi connectivity index (χ3v) is 4.82. The summed E-state index contributed by atoms with van der Waals surface area (Å²) in [7, 11) is 0. The number of rotatable bonds is 5. The van der Waals surface area contributed by atoms with Crippen LogP contribution in [0.1, 0.15) is 22.0 Å². The monoisotopic (exact) mass is 573 g/mol. The van der Waals surface area contributed by atoms with E-state index < -0.39 is 24.0 Å². The summed E-state index contributed by atoms with van der Waals surface area (Å²) >= 11 is 3.39. The van der Waals surface area contributed by atoms with Crippen LogP contribution in [-0.2, 0) is 9.53 Å². The van der Waals surface area contributed by atoms with E-state index in [1.54, 1.807) is 51.2 Å². The molecule has 5 nitrogen and oxygen atoms in total. The number of phenols is 1. The molecule has 0 spiro atoms. The highest BCUT2D eigenvalue weighted by atomic mass is 127. The van der Waals surface area contributed by atoms with Crippen LogP contribution in [0.15, 0.2) is 42.5 Å². The number of carbonyl (C=O) groups excluding carboxylic acids is 2. The van der Waals surface area contributed by atoms with E-state index in [-0.39, 0.29) is 24.0 Å². The predicted octanol–water partition coefficient (Wildman–Crippen LogP) is 2.88. The highest BCUT2D eigenvalue weighted by Crippen LogP contribution is 2.38. The molecule has 0 aromatic heterocycles. The Morgan fingerprint density at radius 1 is 1.12 bits per heavy atom. The fourth-order valence-electron chi connectivity index (χ4n) is 1.94. The Bertz CT molecular complexity index is 788. The molecular formula is C16H9F2I2O5-. The lowest BCUT2D eigenvalue weighted by molar-refractivity contribution is -0.336. The second-order valence-electron chi connectivity index (χ2n) is 4.89. The first-order chi connectivity index (χ1) is 11.6. The van der Waals surface area contributed by atoms with Crippen molar-refractivity contribution in [3.8, 4) is 5.75 Å². The molecule has 0 bridgehead atoms. The number of phenolic OH excluding ortho intramolecular Hbond substituents is 1. The Morgan fingerprint density at radius 2 is 1.64 bits per heavy atom. The summed E-state index contributed by atoms with van der Waals surface area (Å²) in [6.07, 6.45) is -2.41. The number of carbonyl (C=O) groups is 2. The van der Waals surface area contributed by atoms with Gasteiger partial charge < -0.3 is 19.7 Å². The molecule has 1 unspecified atom stereocenters. The Balaban J connectivity index is 2.48. The van der Waals surface area contributed by atoms with Crippen molar-refractivity contribution in [2.45, 2.75) is 12.0 Å². The number of hydrogen-bond donors (Lipinski definition) is 1. The normalized spacial score (nSPS) is 12.5. The fourth-order valence-corrected chi connectivity index (χ4v) is 3.76. The molecule has 2 aromatic rings. The number of benzene rings is 2. The third kappa shape index (κ3) is 4.37. The van der Waals surface area contributed by atoms with Crippen molar-refractivity contribution in [3.63, 3.8) is 0 Å². The summed E-state index contributed by atoms with van der Waals surface area (Å²) in [6, 6.07) is 9.58. The van der Waals surface area contributed by atoms with E-state index in [4.69, 9.17) is 4.74 Å². The molecule has 0 saturated heterocycles. The van der Waals surface area contributed by atoms with Gasteiger partial charge in [-0.1, -0.05) is 18.2 Å². The Kier molecular flexibility index (Phi) is 6.19. The zero-order valence-electron chi connectivity index (χ0n) is 12.2. The van der Waals surface area contributed by atoms with Crippen LogP contribution in [0, 0.1) is 7.14 Å². The van der Waals surface area contributed by atoms with E-state index in [2.05, 4.69) is 0 Å². The van der Waals surface area contributed by atoms with Gasteiger partial charge in [0.25, 0.3) is 0 Å². The van der Waals surface area contributed by atoms with Crippen molar-refractivity contribution in [1.29, 1.82) is 0 Å². The first-order valence-electron chi connectivity index (χ1n) is 6.67. The average Bonchev–Trinajstić information content (AvgIpc) is 2.57. The first kappa shape index (κ1) is 19.8. The molecule has 2 aromatic carbocycles. The van der Waals surface area contributed by atoms with E-state index in [0.717, 1.165) is 12.1 Å². The molecule has 0 aliphatic heterocycles. The number of ether oxygens (including phenoxy) is 1. The smallest absolute Gasteiger partial charge is 0.338 e. The van der Waals surface area contributed by atoms with Crippen molar-refractivity contribution in [2.24, 2.45) is 0 Å². The topological polar surface area (TPSA) is 86.7 Å². The molecule has 0 saturated carbocycles. The molecule has 25 heavy (non-hydrogen) atoms. The van der Waals surface area contributed by atoms with E-state index >= 15 is 0 Å². The molecule has 0 amide bonds. The Hall–Kier alpha value is -1.50. The number of carboxylic acid groups (broad SMARTS) is 1. The number of esters is 1. The number of hydrogen-bond acceptors (Lipinski definition) is 5. The standard InChI is InChI=1S/C16H10F2I2O5/c17-16(18,15(23)24)13(9-6-10(19)12(21)11(20)7-9)25-14(22)8-4-2-1-3-5-8/h1-7,13,21H,(H,23,24)/p-1. The van der Waals surface area contributed by atoms with Crippen LogP contribution in [-0.4, -0.2) is 23.0 Å². The molecule has 1 N–H and O–H groups in total. The second kappa shape index (κ2) is 7.81. The maximum Gasteiger partial charge on any atom is 0.338 e. The van der Waals surface area contributed by atoms with Crippen LogP contribution in [0.4, 0.5) is 8.78 Å². The quantitative estimate of drug-likeness (QED) is 0.440. The number of carboxylic acids is 1. The van der Waals surface area contributed by atoms with Crippen molar-refractivity contribution < 1.29 is 33.3 Å². The van der Waals surface area contributed by atoms with E-state index in [1.165, 1.54) is 24.3 Å². The third-order valence-electron chi connectivity index (χ3n) is 3.18. The molecule has 0 radical (unpaired) electrons. The lowest BCUT2D eigenvalue weighted by Crippen LogP contribution is -2.47. The number of aliphatic carboxylic acids is 1. The summed E-state index contributed by atoms with van der Waals surface area (Å²) in [5.74, 6) is -8.39. The largest absolute Gasteiger partial charge is 0.544 e. The maximum atomic E-state index is 14.1. The van der Waals surface area contributed by atoms with Gasteiger partial charge in [0.1, 0.15) is 11.7 Å². The van der Waals surface area contributed by atoms with Gasteiger partial charge >= 0.3 is 11.9 Å². The number of halogens is 4. The van der Waals surface area contributed by atoms with E-state index in [1.807, 2.05) is 0 Å². The molecule has 9 heteroatoms. The molecule has 0 aliphatic rings. The zero-order chi connectivity index (χ0) is 18.8. The summed E-state index contributed by atoms with van der Waals surface area (Å²) in [4.78, 5) is 23.0. The molecular weight excluding hydrogens is 564 g/mol. The van der Waals surface area contributed by atoms with Crippen LogP contribution in [0.3, 0.4) is 0 Å². The minimum atomic E-state index is -4.46. The zero-order valence-corrected chi connectivity index (χ0v) is 16.5. The van der Waals surface area contributed by atoms with Crippen LogP contribution in [0.5, 0.6) is 5.75 Å². The summed E-state index contributed by atoms with van der Waals surface area (Å²) in [5, 5.41) is 20.6. The van der Waals surface area contributed by atoms with Crippen molar-refractivity contribution >= 4 is 57.1 Å². The first-order valence-corrected chi connectivity index (χ1v) is 8.83. The van der Waals surface area contributed by atoms with Crippen molar-refractivity contribution in [1.82, 2.24) is 0 Å². The molecule has 0 fully saturated rings. The highest BCUT2D eigenvalue weighted by molar-refractivity contribution is 14.1. The van der Waals surface area contributed by atoms with Crippen LogP contribution in [0.2, 0.25) is 0 Å². The predicted molar refractivity (Wildman–Crippen MR) is 98.1 cm³/mol. The molecule has 0 heterocycles. The minimum absolute atomic E-state index is 0.00943. The molecule has 132 valence electrons. The summed E-state index contributed by atoms with van der Waals surface area (Å²) in [5.41, 5.74) is -0.282. The second-order valence-corrected chi connectivity index (χ2v) is 7.22. The van der Waals surface area contributed by atoms with Gasteiger partial charge in [0.2, 0.25) is 0 Å². The van der Waals surface area contributed by atoms with Crippen LogP contribution < -0.4 is 5.11 Å². The van der Waals surface area contributed by atoms with Gasteiger partial charge in [0.05, 0.1) is 12.7 Å². The minimum Gasteiger partial charge on any atom is -0.544 e. The summed E-state index contributed by atoms with van der Waals surface area (Å²) in [6.45, 7) is 0. The number of alkyl halides is 2. The van der Waals surface area contributed by atoms with Crippen molar-refractivity contribution in [2.75, 3.05) is 0 Å². The molecule has 2 rings (SSSR count). The Morgan fingerprint density at radius 3 is 2.12 bits per heavy atom. The Labute approximate surface area is 168 Å². The lowest BCUT2D eigenvalue weighted by atomic mass is 10.0. The van der Waals surface area contributed by atoms with Gasteiger partial charge in [-0.05, 0) is 69.4 Å².